The molecule has 160 valence electrons. The number of aliphatic hydroxyl groups excluding tert-OH is 1. The maximum absolute atomic E-state index is 11.5. The fourth-order valence-electron chi connectivity index (χ4n) is 2.73. The second kappa shape index (κ2) is 13.0. The van der Waals surface area contributed by atoms with Gasteiger partial charge < -0.3 is 0 Å². The third-order valence-corrected chi connectivity index (χ3v) is 10.4. The van der Waals surface area contributed by atoms with Crippen LogP contribution in [0.25, 0.3) is 6.08 Å². The average molecular weight is 642 g/mol. The van der Waals surface area contributed by atoms with E-state index in [1.807, 2.05) is 43.3 Å². The molecule has 1 unspecified atom stereocenters. The van der Waals surface area contributed by atoms with E-state index in [0.29, 0.717) is 6.61 Å². The van der Waals surface area contributed by atoms with Crippen LogP contribution in [0.3, 0.4) is 0 Å². The van der Waals surface area contributed by atoms with Crippen LogP contribution in [0.2, 0.25) is 0 Å². The summed E-state index contributed by atoms with van der Waals surface area (Å²) < 4.78 is 15.6. The Kier molecular flexibility index (Phi) is 10.0. The van der Waals surface area contributed by atoms with Gasteiger partial charge >= 0.3 is 206 Å². The summed E-state index contributed by atoms with van der Waals surface area (Å²) in [5, 5.41) is 11.5. The number of aliphatic hydroxyl groups is 1. The van der Waals surface area contributed by atoms with Gasteiger partial charge in [0.05, 0.1) is 0 Å². The molecule has 0 fully saturated rings. The van der Waals surface area contributed by atoms with Crippen LogP contribution >= 0.6 is 0 Å². The van der Waals surface area contributed by atoms with E-state index >= 15 is 0 Å². The quantitative estimate of drug-likeness (QED) is 0.273. The molecule has 3 nitrogen and oxygen atoms in total. The molecule has 0 spiro atoms. The first-order chi connectivity index (χ1) is 15.2. The fourth-order valence-corrected chi connectivity index (χ4v) is 8.93. The number of rotatable bonds is 10. The van der Waals surface area contributed by atoms with Crippen LogP contribution in [-0.4, -0.2) is 66.8 Å². The Morgan fingerprint density at radius 3 is 1.90 bits per heavy atom. The Hall–Kier alpha value is -1.72. The van der Waals surface area contributed by atoms with Gasteiger partial charge in [0.15, 0.2) is 0 Å². The van der Waals surface area contributed by atoms with Crippen molar-refractivity contribution in [3.05, 3.63) is 104 Å². The Labute approximate surface area is 205 Å². The molecule has 0 heterocycles. The molecule has 0 aliphatic rings. The van der Waals surface area contributed by atoms with Gasteiger partial charge in [0.25, 0.3) is 0 Å². The van der Waals surface area contributed by atoms with Crippen molar-refractivity contribution in [1.82, 2.24) is 0 Å². The number of hydrogen-bond acceptors (Lipinski definition) is 3. The van der Waals surface area contributed by atoms with E-state index in [9.17, 15) is 5.11 Å². The van der Waals surface area contributed by atoms with Gasteiger partial charge in [-0.1, -0.05) is 0 Å². The molecule has 0 saturated heterocycles. The van der Waals surface area contributed by atoms with Crippen LogP contribution in [0.5, 0.6) is 5.75 Å². The molecular formula is C26H26O3Te2. The minimum atomic E-state index is -0.757. The molecule has 0 saturated carbocycles. The zero-order valence-corrected chi connectivity index (χ0v) is 22.3. The molecule has 0 aliphatic heterocycles. The summed E-state index contributed by atoms with van der Waals surface area (Å²) in [4.78, 5) is 0. The van der Waals surface area contributed by atoms with Crippen LogP contribution in [0.4, 0.5) is 0 Å². The van der Waals surface area contributed by atoms with Gasteiger partial charge in [-0.05, 0) is 0 Å². The summed E-state index contributed by atoms with van der Waals surface area (Å²) >= 11 is -1.51. The molecule has 3 aromatic rings. The molecule has 5 heteroatoms. The first-order valence-electron chi connectivity index (χ1n) is 10.0. The van der Waals surface area contributed by atoms with Crippen LogP contribution in [0.15, 0.2) is 98.4 Å². The van der Waals surface area contributed by atoms with E-state index in [0.717, 1.165) is 18.6 Å². The molecule has 3 rings (SSSR count). The molecule has 0 bridgehead atoms. The molecule has 1 atom stereocenters. The number of ether oxygens (including phenoxy) is 2. The van der Waals surface area contributed by atoms with Crippen molar-refractivity contribution in [2.75, 3.05) is 13.7 Å². The first-order valence-corrected chi connectivity index (χ1v) is 14.7. The first kappa shape index (κ1) is 23.9. The minimum absolute atomic E-state index is 0.588. The summed E-state index contributed by atoms with van der Waals surface area (Å²) in [6.07, 6.45) is 3.29. The van der Waals surface area contributed by atoms with E-state index < -0.39 is 48.0 Å². The zero-order chi connectivity index (χ0) is 21.9. The van der Waals surface area contributed by atoms with Gasteiger partial charge in [-0.15, -0.1) is 0 Å². The maximum atomic E-state index is 11.5. The summed E-state index contributed by atoms with van der Waals surface area (Å²) in [6, 6.07) is 28.8. The standard InChI is InChI=1S/C26H26O3Te2/c1-3-29-19-25(31-23-12-8-5-9-13-23)26(27)24(30-22-10-6-4-7-11-22)18-20-14-16-21(28-2)17-15-20/h4-19,26-27H,3H2,1-2H3/b24-18-,25-19-. The molecule has 0 aromatic heterocycles. The predicted molar refractivity (Wildman–Crippen MR) is 130 cm³/mol. The Balaban J connectivity index is 1.94. The van der Waals surface area contributed by atoms with Gasteiger partial charge in [-0.25, -0.2) is 0 Å². The van der Waals surface area contributed by atoms with Crippen molar-refractivity contribution in [2.24, 2.45) is 0 Å². The molecule has 0 amide bonds. The summed E-state index contributed by atoms with van der Waals surface area (Å²) in [6.45, 7) is 2.56. The van der Waals surface area contributed by atoms with Crippen LogP contribution in [0.1, 0.15) is 12.5 Å². The van der Waals surface area contributed by atoms with Gasteiger partial charge in [0.2, 0.25) is 0 Å². The predicted octanol–water partition coefficient (Wildman–Crippen LogP) is 3.33. The van der Waals surface area contributed by atoms with Crippen molar-refractivity contribution in [1.29, 1.82) is 0 Å². The second-order valence-corrected chi connectivity index (χ2v) is 13.1. The molecule has 0 radical (unpaired) electrons. The third kappa shape index (κ3) is 7.73. The molecular weight excluding hydrogens is 615 g/mol. The Morgan fingerprint density at radius 2 is 1.39 bits per heavy atom. The second-order valence-electron chi connectivity index (χ2n) is 6.53. The SMILES string of the molecule is CCO/C=C(\[Te]c1ccccc1)C(O)/C(=C/c1ccc(OC)cc1)[Te]c1ccccc1. The number of methoxy groups -OCH3 is 1. The molecule has 3 aromatic carbocycles. The van der Waals surface area contributed by atoms with Crippen LogP contribution < -0.4 is 12.0 Å². The van der Waals surface area contributed by atoms with Crippen molar-refractivity contribution in [3.8, 4) is 5.75 Å². The molecule has 1 N–H and O–H groups in total. The fraction of sp³-hybridized carbons (Fsp3) is 0.154. The summed E-state index contributed by atoms with van der Waals surface area (Å²) in [5.41, 5.74) is 1.06. The number of hydrogen-bond donors (Lipinski definition) is 1. The monoisotopic (exact) mass is 646 g/mol. The topological polar surface area (TPSA) is 38.7 Å². The van der Waals surface area contributed by atoms with Gasteiger partial charge in [0, 0.05) is 0 Å². The van der Waals surface area contributed by atoms with E-state index in [1.165, 1.54) is 7.22 Å². The van der Waals surface area contributed by atoms with Crippen molar-refractivity contribution < 1.29 is 14.6 Å². The Bertz CT molecular complexity index is 984. The third-order valence-electron chi connectivity index (χ3n) is 4.29. The zero-order valence-electron chi connectivity index (χ0n) is 17.6. The normalized spacial score (nSPS) is 13.0. The van der Waals surface area contributed by atoms with E-state index in [1.54, 1.807) is 13.4 Å². The van der Waals surface area contributed by atoms with Crippen LogP contribution in [0, 0.1) is 0 Å². The van der Waals surface area contributed by atoms with Crippen LogP contribution in [-0.2, 0) is 4.74 Å². The van der Waals surface area contributed by atoms with Crippen molar-refractivity contribution in [2.45, 2.75) is 13.0 Å². The van der Waals surface area contributed by atoms with Gasteiger partial charge in [-0.3, -0.25) is 0 Å². The van der Waals surface area contributed by atoms with Crippen molar-refractivity contribution in [3.63, 3.8) is 0 Å². The van der Waals surface area contributed by atoms with E-state index in [4.69, 9.17) is 9.47 Å². The summed E-state index contributed by atoms with van der Waals surface area (Å²) in [7, 11) is 1.67. The van der Waals surface area contributed by atoms with Gasteiger partial charge in [0.1, 0.15) is 0 Å². The van der Waals surface area contributed by atoms with E-state index in [2.05, 4.69) is 54.6 Å². The molecule has 0 aliphatic carbocycles. The average Bonchev–Trinajstić information content (AvgIpc) is 2.82. The van der Waals surface area contributed by atoms with Gasteiger partial charge in [-0.2, -0.15) is 0 Å². The number of benzene rings is 3. The van der Waals surface area contributed by atoms with Crippen molar-refractivity contribution >= 4 is 55.1 Å². The Morgan fingerprint density at radius 1 is 0.839 bits per heavy atom. The summed E-state index contributed by atoms with van der Waals surface area (Å²) in [5.74, 6) is 0.826. The van der Waals surface area contributed by atoms with E-state index in [-0.39, 0.29) is 0 Å². The molecule has 31 heavy (non-hydrogen) atoms.